The summed E-state index contributed by atoms with van der Waals surface area (Å²) in [6, 6.07) is 3.64. The van der Waals surface area contributed by atoms with Gasteiger partial charge >= 0.3 is 0 Å². The summed E-state index contributed by atoms with van der Waals surface area (Å²) < 4.78 is 25.3. The minimum Gasteiger partial charge on any atom is -0.354 e. The van der Waals surface area contributed by atoms with Crippen molar-refractivity contribution in [3.8, 4) is 6.07 Å². The lowest BCUT2D eigenvalue weighted by atomic mass is 10.0. The van der Waals surface area contributed by atoms with E-state index < -0.39 is 12.3 Å². The van der Waals surface area contributed by atoms with Crippen LogP contribution in [0.1, 0.15) is 5.56 Å². The third kappa shape index (κ3) is 2.00. The highest BCUT2D eigenvalue weighted by Gasteiger charge is 2.35. The quantitative estimate of drug-likeness (QED) is 0.839. The smallest absolute Gasteiger partial charge is 0.244 e. The number of aromatic nitrogens is 1. The van der Waals surface area contributed by atoms with E-state index in [4.69, 9.17) is 5.26 Å². The van der Waals surface area contributed by atoms with Crippen LogP contribution in [0.4, 0.5) is 14.6 Å². The van der Waals surface area contributed by atoms with Crippen LogP contribution in [0.5, 0.6) is 0 Å². The van der Waals surface area contributed by atoms with Crippen molar-refractivity contribution in [2.75, 3.05) is 18.0 Å². The second-order valence-electron chi connectivity index (χ2n) is 3.64. The molecule has 1 fully saturated rings. The molecule has 0 spiro atoms. The summed E-state index contributed by atoms with van der Waals surface area (Å²) in [6.45, 7) is 0.530. The van der Waals surface area contributed by atoms with Crippen LogP contribution in [0, 0.1) is 17.2 Å². The molecule has 3 nitrogen and oxygen atoms in total. The van der Waals surface area contributed by atoms with E-state index in [9.17, 15) is 8.78 Å². The first-order chi connectivity index (χ1) is 7.61. The van der Waals surface area contributed by atoms with Gasteiger partial charge in [-0.15, -0.1) is 0 Å². The number of hydrogen-bond donors (Lipinski definition) is 0. The van der Waals surface area contributed by atoms with Gasteiger partial charge in [-0.05, 0) is 22.0 Å². The number of alkyl halides is 2. The van der Waals surface area contributed by atoms with Crippen molar-refractivity contribution in [2.24, 2.45) is 5.92 Å². The molecule has 0 aromatic carbocycles. The number of halogens is 3. The zero-order chi connectivity index (χ0) is 11.7. The molecule has 6 heteroatoms. The van der Waals surface area contributed by atoms with E-state index >= 15 is 0 Å². The minimum absolute atomic E-state index is 0.265. The number of pyridine rings is 1. The predicted octanol–water partition coefficient (Wildman–Crippen LogP) is 2.42. The third-order valence-electron chi connectivity index (χ3n) is 2.52. The summed E-state index contributed by atoms with van der Waals surface area (Å²) in [4.78, 5) is 5.77. The average Bonchev–Trinajstić information content (AvgIpc) is 2.17. The Morgan fingerprint density at radius 1 is 1.56 bits per heavy atom. The van der Waals surface area contributed by atoms with Crippen LogP contribution in [-0.4, -0.2) is 24.5 Å². The lowest BCUT2D eigenvalue weighted by Gasteiger charge is -2.39. The summed E-state index contributed by atoms with van der Waals surface area (Å²) in [5, 5.41) is 8.90. The van der Waals surface area contributed by atoms with E-state index in [-0.39, 0.29) is 13.1 Å². The standard InChI is InChI=1S/C10H8BrF2N3/c11-8-1-6(2-14)10(15-3-8)16-4-7(5-16)9(12)13/h1,3,7,9H,4-5H2. The van der Waals surface area contributed by atoms with Gasteiger partial charge in [0.2, 0.25) is 6.43 Å². The zero-order valence-electron chi connectivity index (χ0n) is 8.20. The molecular formula is C10H8BrF2N3. The van der Waals surface area contributed by atoms with E-state index in [1.54, 1.807) is 17.2 Å². The lowest BCUT2D eigenvalue weighted by Crippen LogP contribution is -2.50. The maximum absolute atomic E-state index is 12.3. The Morgan fingerprint density at radius 3 is 2.81 bits per heavy atom. The third-order valence-corrected chi connectivity index (χ3v) is 2.95. The van der Waals surface area contributed by atoms with Gasteiger partial charge < -0.3 is 4.90 Å². The van der Waals surface area contributed by atoms with Crippen LogP contribution < -0.4 is 4.90 Å². The molecule has 1 aromatic rings. The summed E-state index contributed by atoms with van der Waals surface area (Å²) in [7, 11) is 0. The van der Waals surface area contributed by atoms with E-state index in [1.807, 2.05) is 6.07 Å². The van der Waals surface area contributed by atoms with Crippen LogP contribution in [-0.2, 0) is 0 Å². The molecule has 0 saturated carbocycles. The Bertz CT molecular complexity index is 438. The van der Waals surface area contributed by atoms with Gasteiger partial charge in [0.15, 0.2) is 0 Å². The number of nitrogens with zero attached hydrogens (tertiary/aromatic N) is 3. The highest BCUT2D eigenvalue weighted by molar-refractivity contribution is 9.10. The molecule has 1 saturated heterocycles. The fourth-order valence-corrected chi connectivity index (χ4v) is 1.94. The molecule has 1 aliphatic heterocycles. The number of nitriles is 1. The van der Waals surface area contributed by atoms with E-state index in [1.165, 1.54) is 0 Å². The Labute approximate surface area is 99.8 Å². The number of anilines is 1. The molecule has 84 valence electrons. The van der Waals surface area contributed by atoms with Crippen molar-refractivity contribution in [3.05, 3.63) is 22.3 Å². The molecule has 0 amide bonds. The van der Waals surface area contributed by atoms with Crippen molar-refractivity contribution in [2.45, 2.75) is 6.43 Å². The highest BCUT2D eigenvalue weighted by atomic mass is 79.9. The Morgan fingerprint density at radius 2 is 2.25 bits per heavy atom. The van der Waals surface area contributed by atoms with Crippen molar-refractivity contribution in [1.29, 1.82) is 5.26 Å². The molecular weight excluding hydrogens is 280 g/mol. The molecule has 0 radical (unpaired) electrons. The van der Waals surface area contributed by atoms with Gasteiger partial charge in [0, 0.05) is 23.8 Å². The van der Waals surface area contributed by atoms with Crippen molar-refractivity contribution < 1.29 is 8.78 Å². The van der Waals surface area contributed by atoms with Gasteiger partial charge in [0.25, 0.3) is 0 Å². The fraction of sp³-hybridized carbons (Fsp3) is 0.400. The van der Waals surface area contributed by atoms with Crippen molar-refractivity contribution in [3.63, 3.8) is 0 Å². The average molecular weight is 288 g/mol. The molecule has 1 aromatic heterocycles. The van der Waals surface area contributed by atoms with Gasteiger partial charge in [-0.3, -0.25) is 0 Å². The lowest BCUT2D eigenvalue weighted by molar-refractivity contribution is 0.0611. The van der Waals surface area contributed by atoms with Crippen LogP contribution >= 0.6 is 15.9 Å². The minimum atomic E-state index is -2.29. The first-order valence-electron chi connectivity index (χ1n) is 4.70. The second-order valence-corrected chi connectivity index (χ2v) is 4.55. The Hall–Kier alpha value is -1.22. The molecule has 0 aliphatic carbocycles. The maximum Gasteiger partial charge on any atom is 0.244 e. The molecule has 0 N–H and O–H groups in total. The molecule has 0 unspecified atom stereocenters. The SMILES string of the molecule is N#Cc1cc(Br)cnc1N1CC(C(F)F)C1. The summed E-state index contributed by atoms with van der Waals surface area (Å²) >= 11 is 3.21. The maximum atomic E-state index is 12.3. The van der Waals surface area contributed by atoms with E-state index in [0.717, 1.165) is 0 Å². The van der Waals surface area contributed by atoms with E-state index in [2.05, 4.69) is 20.9 Å². The normalized spacial score (nSPS) is 16.1. The van der Waals surface area contributed by atoms with Crippen LogP contribution in [0.3, 0.4) is 0 Å². The first kappa shape index (κ1) is 11.3. The molecule has 2 heterocycles. The number of hydrogen-bond acceptors (Lipinski definition) is 3. The molecule has 1 aliphatic rings. The number of rotatable bonds is 2. The van der Waals surface area contributed by atoms with Gasteiger partial charge in [0.1, 0.15) is 11.9 Å². The topological polar surface area (TPSA) is 39.9 Å². The van der Waals surface area contributed by atoms with Gasteiger partial charge in [-0.1, -0.05) is 0 Å². The molecule has 0 bridgehead atoms. The predicted molar refractivity (Wildman–Crippen MR) is 58.4 cm³/mol. The molecule has 2 rings (SSSR count). The highest BCUT2D eigenvalue weighted by Crippen LogP contribution is 2.30. The Balaban J connectivity index is 2.15. The van der Waals surface area contributed by atoms with Gasteiger partial charge in [0.05, 0.1) is 11.5 Å². The first-order valence-corrected chi connectivity index (χ1v) is 5.50. The van der Waals surface area contributed by atoms with E-state index in [0.29, 0.717) is 15.9 Å². The zero-order valence-corrected chi connectivity index (χ0v) is 9.79. The monoisotopic (exact) mass is 287 g/mol. The van der Waals surface area contributed by atoms with Crippen LogP contribution in [0.2, 0.25) is 0 Å². The van der Waals surface area contributed by atoms with Crippen LogP contribution in [0.25, 0.3) is 0 Å². The molecule has 0 atom stereocenters. The summed E-state index contributed by atoms with van der Waals surface area (Å²) in [6.07, 6.45) is -0.733. The second kappa shape index (κ2) is 4.34. The fourth-order valence-electron chi connectivity index (χ4n) is 1.61. The molecule has 16 heavy (non-hydrogen) atoms. The Kier molecular flexibility index (Phi) is 3.06. The largest absolute Gasteiger partial charge is 0.354 e. The van der Waals surface area contributed by atoms with Crippen molar-refractivity contribution in [1.82, 2.24) is 4.98 Å². The van der Waals surface area contributed by atoms with Gasteiger partial charge in [-0.25, -0.2) is 13.8 Å². The summed E-state index contributed by atoms with van der Waals surface area (Å²) in [5.74, 6) is -0.111. The summed E-state index contributed by atoms with van der Waals surface area (Å²) in [5.41, 5.74) is 0.405. The van der Waals surface area contributed by atoms with Crippen LogP contribution in [0.15, 0.2) is 16.7 Å². The van der Waals surface area contributed by atoms with Gasteiger partial charge in [-0.2, -0.15) is 5.26 Å². The van der Waals surface area contributed by atoms with Crippen molar-refractivity contribution >= 4 is 21.7 Å².